The SMILES string of the molecule is CC(C)O[Si](O[SiH](C)C)(O[Si](C)(C)O[Si](O[SiH](C)C)(O[SiH](C)C)c1ccccc1)c1ccccc1. The first-order valence-corrected chi connectivity index (χ1v) is 27.1. The van der Waals surface area contributed by atoms with E-state index in [-0.39, 0.29) is 6.10 Å². The molecule has 12 heteroatoms. The number of benzene rings is 2. The highest BCUT2D eigenvalue weighted by atomic mass is 28.5. The van der Waals surface area contributed by atoms with Crippen LogP contribution in [-0.4, -0.2) is 59.4 Å². The second-order valence-corrected chi connectivity index (χ2v) is 27.3. The quantitative estimate of drug-likeness (QED) is 0.315. The molecule has 0 bridgehead atoms. The molecule has 0 heterocycles. The average Bonchev–Trinajstić information content (AvgIpc) is 2.72. The number of hydrogen-bond acceptors (Lipinski definition) is 6. The number of rotatable bonds is 14. The Bertz CT molecular complexity index is 791. The molecule has 35 heavy (non-hydrogen) atoms. The van der Waals surface area contributed by atoms with Gasteiger partial charge in [0, 0.05) is 16.5 Å². The van der Waals surface area contributed by atoms with Crippen LogP contribution in [0.25, 0.3) is 0 Å². The van der Waals surface area contributed by atoms with Crippen molar-refractivity contribution in [1.29, 1.82) is 0 Å². The van der Waals surface area contributed by atoms with Gasteiger partial charge in [0.05, 0.1) is 0 Å². The Labute approximate surface area is 221 Å². The Kier molecular flexibility index (Phi) is 11.7. The predicted molar refractivity (Wildman–Crippen MR) is 159 cm³/mol. The first-order valence-electron chi connectivity index (χ1n) is 12.5. The third kappa shape index (κ3) is 9.39. The van der Waals surface area contributed by atoms with E-state index < -0.39 is 53.3 Å². The van der Waals surface area contributed by atoms with E-state index in [9.17, 15) is 0 Å². The van der Waals surface area contributed by atoms with Crippen molar-refractivity contribution in [2.45, 2.75) is 72.3 Å². The molecule has 2 rings (SSSR count). The normalized spacial score (nSPS) is 14.8. The van der Waals surface area contributed by atoms with E-state index in [2.05, 4.69) is 64.5 Å². The summed E-state index contributed by atoms with van der Waals surface area (Å²) < 4.78 is 40.8. The highest BCUT2D eigenvalue weighted by Crippen LogP contribution is 2.26. The van der Waals surface area contributed by atoms with Crippen LogP contribution < -0.4 is 10.4 Å². The molecule has 0 fully saturated rings. The smallest absolute Gasteiger partial charge is 0.416 e. The van der Waals surface area contributed by atoms with Crippen molar-refractivity contribution in [3.8, 4) is 0 Å². The Morgan fingerprint density at radius 2 is 0.914 bits per heavy atom. The summed E-state index contributed by atoms with van der Waals surface area (Å²) in [6, 6.07) is 20.3. The Morgan fingerprint density at radius 3 is 1.29 bits per heavy atom. The summed E-state index contributed by atoms with van der Waals surface area (Å²) in [7, 11) is -14.0. The molecule has 2 aromatic carbocycles. The van der Waals surface area contributed by atoms with E-state index in [4.69, 9.17) is 25.0 Å². The van der Waals surface area contributed by atoms with E-state index in [1.807, 2.05) is 62.4 Å². The van der Waals surface area contributed by atoms with Crippen LogP contribution in [0.2, 0.25) is 52.4 Å². The van der Waals surface area contributed by atoms with E-state index in [1.165, 1.54) is 0 Å². The van der Waals surface area contributed by atoms with Crippen LogP contribution in [0.4, 0.5) is 0 Å². The van der Waals surface area contributed by atoms with Gasteiger partial charge >= 0.3 is 26.2 Å². The fraction of sp³-hybridized carbons (Fsp3) is 0.478. The molecule has 6 nitrogen and oxygen atoms in total. The lowest BCUT2D eigenvalue weighted by atomic mass is 10.4. The monoisotopic (exact) mass is 584 g/mol. The summed E-state index contributed by atoms with van der Waals surface area (Å²) in [5.74, 6) is 0. The van der Waals surface area contributed by atoms with E-state index in [0.29, 0.717) is 0 Å². The molecule has 0 aromatic heterocycles. The van der Waals surface area contributed by atoms with Crippen molar-refractivity contribution in [2.75, 3.05) is 0 Å². The molecule has 0 radical (unpaired) electrons. The summed E-state index contributed by atoms with van der Waals surface area (Å²) in [4.78, 5) is 0. The van der Waals surface area contributed by atoms with E-state index >= 15 is 0 Å². The molecule has 0 amide bonds. The van der Waals surface area contributed by atoms with Gasteiger partial charge < -0.3 is 25.0 Å². The summed E-state index contributed by atoms with van der Waals surface area (Å²) in [6.07, 6.45) is -0.0609. The Morgan fingerprint density at radius 1 is 0.571 bits per heavy atom. The van der Waals surface area contributed by atoms with Crippen molar-refractivity contribution >= 4 is 63.7 Å². The molecular weight excluding hydrogens is 541 g/mol. The first kappa shape index (κ1) is 30.7. The van der Waals surface area contributed by atoms with Crippen molar-refractivity contribution < 1.29 is 25.0 Å². The molecule has 0 saturated carbocycles. The van der Waals surface area contributed by atoms with E-state index in [0.717, 1.165) is 10.4 Å². The fourth-order valence-electron chi connectivity index (χ4n) is 3.74. The van der Waals surface area contributed by atoms with Crippen molar-refractivity contribution in [3.63, 3.8) is 0 Å². The van der Waals surface area contributed by atoms with Crippen molar-refractivity contribution in [2.24, 2.45) is 0 Å². The fourth-order valence-corrected chi connectivity index (χ4v) is 24.4. The highest BCUT2D eigenvalue weighted by Gasteiger charge is 2.55. The lowest BCUT2D eigenvalue weighted by Crippen LogP contribution is -2.69. The first-order chi connectivity index (χ1) is 16.3. The maximum atomic E-state index is 7.04. The molecule has 0 spiro atoms. The summed E-state index contributed by atoms with van der Waals surface area (Å²) >= 11 is 0. The van der Waals surface area contributed by atoms with Gasteiger partial charge in [0.1, 0.15) is 0 Å². The standard InChI is InChI=1S/C23H44O6Si6/c1-21(2)24-34(25-30(3)4,22-17-13-11-14-18-22)28-33(9,10)29-35(26-31(5)6,27-32(7)8)23-19-15-12-16-20-23/h11-21,30-32H,1-10H3. The Hall–Kier alpha value is -0.499. The van der Waals surface area contributed by atoms with Gasteiger partial charge in [0.25, 0.3) is 0 Å². The van der Waals surface area contributed by atoms with Gasteiger partial charge in [-0.25, -0.2) is 0 Å². The lowest BCUT2D eigenvalue weighted by Gasteiger charge is -2.43. The summed E-state index contributed by atoms with van der Waals surface area (Å²) in [5, 5.41) is 1.95. The number of hydrogen-bond donors (Lipinski definition) is 0. The average molecular weight is 585 g/mol. The highest BCUT2D eigenvalue weighted by molar-refractivity contribution is 6.94. The summed E-state index contributed by atoms with van der Waals surface area (Å²) in [6.45, 7) is 21.1. The van der Waals surface area contributed by atoms with Crippen LogP contribution in [0.15, 0.2) is 60.7 Å². The zero-order chi connectivity index (χ0) is 26.3. The van der Waals surface area contributed by atoms with Crippen LogP contribution >= 0.6 is 0 Å². The lowest BCUT2D eigenvalue weighted by molar-refractivity contribution is 0.122. The maximum Gasteiger partial charge on any atom is 0.517 e. The molecule has 196 valence electrons. The topological polar surface area (TPSA) is 55.4 Å². The van der Waals surface area contributed by atoms with Crippen LogP contribution in [-0.2, 0) is 25.0 Å². The van der Waals surface area contributed by atoms with Gasteiger partial charge in [-0.05, 0) is 66.2 Å². The van der Waals surface area contributed by atoms with Crippen LogP contribution in [0.3, 0.4) is 0 Å². The third-order valence-electron chi connectivity index (χ3n) is 4.58. The molecule has 2 aromatic rings. The third-order valence-corrected chi connectivity index (χ3v) is 22.9. The van der Waals surface area contributed by atoms with Gasteiger partial charge in [-0.2, -0.15) is 0 Å². The zero-order valence-corrected chi connectivity index (χ0v) is 29.5. The maximum absolute atomic E-state index is 7.04. The van der Waals surface area contributed by atoms with Crippen LogP contribution in [0.5, 0.6) is 0 Å². The minimum Gasteiger partial charge on any atom is -0.416 e. The molecule has 0 aliphatic rings. The minimum absolute atomic E-state index is 0.0609. The Balaban J connectivity index is 2.59. The molecule has 0 saturated heterocycles. The predicted octanol–water partition coefficient (Wildman–Crippen LogP) is 3.84. The second kappa shape index (κ2) is 13.3. The van der Waals surface area contributed by atoms with Gasteiger partial charge in [0.2, 0.25) is 0 Å². The van der Waals surface area contributed by atoms with Gasteiger partial charge in [0.15, 0.2) is 27.1 Å². The summed E-state index contributed by atoms with van der Waals surface area (Å²) in [5.41, 5.74) is 0. The molecule has 1 atom stereocenters. The van der Waals surface area contributed by atoms with Gasteiger partial charge in [-0.3, -0.25) is 0 Å². The molecule has 1 unspecified atom stereocenters. The largest absolute Gasteiger partial charge is 0.517 e. The van der Waals surface area contributed by atoms with Gasteiger partial charge in [-0.1, -0.05) is 60.7 Å². The molecule has 0 aliphatic carbocycles. The van der Waals surface area contributed by atoms with Gasteiger partial charge in [-0.15, -0.1) is 0 Å². The van der Waals surface area contributed by atoms with Crippen LogP contribution in [0.1, 0.15) is 13.8 Å². The van der Waals surface area contributed by atoms with Crippen LogP contribution in [0, 0.1) is 0 Å². The molecular formula is C23H44O6Si6. The zero-order valence-electron chi connectivity index (χ0n) is 23.0. The second-order valence-electron chi connectivity index (χ2n) is 10.1. The van der Waals surface area contributed by atoms with Crippen molar-refractivity contribution in [3.05, 3.63) is 60.7 Å². The molecule has 0 N–H and O–H groups in total. The molecule has 0 aliphatic heterocycles. The van der Waals surface area contributed by atoms with Crippen molar-refractivity contribution in [1.82, 2.24) is 0 Å². The van der Waals surface area contributed by atoms with E-state index in [1.54, 1.807) is 0 Å². The minimum atomic E-state index is -3.28.